The Bertz CT molecular complexity index is 571. The average molecular weight is 316 g/mol. The molecule has 4 heteroatoms. The van der Waals surface area contributed by atoms with Crippen LogP contribution >= 0.6 is 0 Å². The van der Waals surface area contributed by atoms with Gasteiger partial charge in [-0.05, 0) is 49.9 Å². The van der Waals surface area contributed by atoms with E-state index in [1.807, 2.05) is 24.3 Å². The van der Waals surface area contributed by atoms with E-state index in [-0.39, 0.29) is 5.41 Å². The molecule has 0 aliphatic carbocycles. The molecule has 0 radical (unpaired) electrons. The lowest BCUT2D eigenvalue weighted by molar-refractivity contribution is -0.214. The van der Waals surface area contributed by atoms with Crippen LogP contribution in [0, 0.1) is 5.41 Å². The largest absolute Gasteiger partial charge is 0.466 e. The van der Waals surface area contributed by atoms with Gasteiger partial charge in [0.25, 0.3) is 0 Å². The van der Waals surface area contributed by atoms with Crippen LogP contribution in [0.1, 0.15) is 51.1 Å². The summed E-state index contributed by atoms with van der Waals surface area (Å²) in [6.07, 6.45) is 7.36. The van der Waals surface area contributed by atoms with Gasteiger partial charge in [0.1, 0.15) is 22.7 Å². The summed E-state index contributed by atoms with van der Waals surface area (Å²) >= 11 is 0. The Labute approximate surface area is 136 Å². The van der Waals surface area contributed by atoms with E-state index in [0.717, 1.165) is 50.4 Å². The van der Waals surface area contributed by atoms with Crippen molar-refractivity contribution in [3.05, 3.63) is 48.3 Å². The molecule has 2 aromatic rings. The van der Waals surface area contributed by atoms with Crippen molar-refractivity contribution in [2.24, 2.45) is 5.41 Å². The lowest BCUT2D eigenvalue weighted by Gasteiger charge is -2.51. The highest BCUT2D eigenvalue weighted by Crippen LogP contribution is 2.62. The van der Waals surface area contributed by atoms with Crippen LogP contribution in [0.5, 0.6) is 0 Å². The molecule has 4 rings (SSSR count). The summed E-state index contributed by atoms with van der Waals surface area (Å²) in [6, 6.07) is 7.92. The number of furan rings is 2. The summed E-state index contributed by atoms with van der Waals surface area (Å²) in [5.41, 5.74) is -1.32. The molecule has 2 aliphatic rings. The SMILES string of the molecule is CC(C)(C1(c2ccco2)CCCO1)C1(c2ccco2)CCCO1. The topological polar surface area (TPSA) is 44.7 Å². The van der Waals surface area contributed by atoms with Gasteiger partial charge in [-0.25, -0.2) is 0 Å². The second-order valence-corrected chi connectivity index (χ2v) is 7.14. The molecule has 0 aromatic carbocycles. The third-order valence-electron chi connectivity index (χ3n) is 5.90. The van der Waals surface area contributed by atoms with Crippen molar-refractivity contribution in [1.82, 2.24) is 0 Å². The second-order valence-electron chi connectivity index (χ2n) is 7.14. The predicted molar refractivity (Wildman–Crippen MR) is 84.9 cm³/mol. The molecule has 124 valence electrons. The van der Waals surface area contributed by atoms with Crippen LogP contribution in [0.25, 0.3) is 0 Å². The van der Waals surface area contributed by atoms with Crippen molar-refractivity contribution in [3.63, 3.8) is 0 Å². The molecule has 0 N–H and O–H groups in total. The van der Waals surface area contributed by atoms with Gasteiger partial charge in [-0.1, -0.05) is 13.8 Å². The second kappa shape index (κ2) is 5.25. The summed E-state index contributed by atoms with van der Waals surface area (Å²) in [4.78, 5) is 0. The van der Waals surface area contributed by atoms with Crippen LogP contribution in [0.15, 0.2) is 45.6 Å². The molecule has 0 saturated carbocycles. The molecule has 2 saturated heterocycles. The maximum atomic E-state index is 6.37. The Hall–Kier alpha value is -1.52. The lowest BCUT2D eigenvalue weighted by atomic mass is 9.60. The lowest BCUT2D eigenvalue weighted by Crippen LogP contribution is -2.54. The highest BCUT2D eigenvalue weighted by atomic mass is 16.5. The van der Waals surface area contributed by atoms with Crippen molar-refractivity contribution < 1.29 is 18.3 Å². The Morgan fingerprint density at radius 1 is 0.826 bits per heavy atom. The quantitative estimate of drug-likeness (QED) is 0.826. The number of hydrogen-bond acceptors (Lipinski definition) is 4. The first-order valence-electron chi connectivity index (χ1n) is 8.48. The minimum absolute atomic E-state index is 0.331. The van der Waals surface area contributed by atoms with Crippen molar-refractivity contribution in [2.75, 3.05) is 13.2 Å². The first-order chi connectivity index (χ1) is 11.1. The molecule has 0 bridgehead atoms. The van der Waals surface area contributed by atoms with Gasteiger partial charge in [-0.15, -0.1) is 0 Å². The van der Waals surface area contributed by atoms with Gasteiger partial charge in [0.2, 0.25) is 0 Å². The fraction of sp³-hybridized carbons (Fsp3) is 0.579. The molecule has 23 heavy (non-hydrogen) atoms. The fourth-order valence-electron chi connectivity index (χ4n) is 4.61. The third kappa shape index (κ3) is 1.91. The van der Waals surface area contributed by atoms with E-state index in [2.05, 4.69) is 13.8 Å². The molecule has 2 atom stereocenters. The zero-order valence-corrected chi connectivity index (χ0v) is 13.8. The maximum absolute atomic E-state index is 6.37. The van der Waals surface area contributed by atoms with E-state index in [9.17, 15) is 0 Å². The highest BCUT2D eigenvalue weighted by molar-refractivity contribution is 5.25. The summed E-state index contributed by atoms with van der Waals surface area (Å²) in [5, 5.41) is 0. The Balaban J connectivity index is 1.87. The van der Waals surface area contributed by atoms with Crippen molar-refractivity contribution in [2.45, 2.75) is 50.7 Å². The normalized spacial score (nSPS) is 31.7. The molecule has 4 heterocycles. The van der Waals surface area contributed by atoms with E-state index < -0.39 is 11.2 Å². The van der Waals surface area contributed by atoms with Gasteiger partial charge < -0.3 is 18.3 Å². The Morgan fingerprint density at radius 3 is 1.61 bits per heavy atom. The Morgan fingerprint density at radius 2 is 1.30 bits per heavy atom. The summed E-state index contributed by atoms with van der Waals surface area (Å²) < 4.78 is 24.4. The summed E-state index contributed by atoms with van der Waals surface area (Å²) in [5.74, 6) is 1.78. The number of hydrogen-bond donors (Lipinski definition) is 0. The van der Waals surface area contributed by atoms with E-state index >= 15 is 0 Å². The Kier molecular flexibility index (Phi) is 3.43. The molecule has 2 aliphatic heterocycles. The molecule has 0 spiro atoms. The van der Waals surface area contributed by atoms with E-state index in [1.165, 1.54) is 0 Å². The van der Waals surface area contributed by atoms with Crippen LogP contribution in [-0.2, 0) is 20.7 Å². The first-order valence-corrected chi connectivity index (χ1v) is 8.48. The van der Waals surface area contributed by atoms with E-state index in [4.69, 9.17) is 18.3 Å². The van der Waals surface area contributed by atoms with Gasteiger partial charge in [0.15, 0.2) is 0 Å². The minimum Gasteiger partial charge on any atom is -0.466 e. The van der Waals surface area contributed by atoms with Gasteiger partial charge in [0, 0.05) is 18.6 Å². The number of rotatable bonds is 4. The molecule has 2 aromatic heterocycles. The average Bonchev–Trinajstić information content (AvgIpc) is 3.37. The van der Waals surface area contributed by atoms with Gasteiger partial charge in [0.05, 0.1) is 12.5 Å². The van der Waals surface area contributed by atoms with Gasteiger partial charge in [-0.2, -0.15) is 0 Å². The molecular formula is C19H24O4. The van der Waals surface area contributed by atoms with Crippen LogP contribution in [-0.4, -0.2) is 13.2 Å². The van der Waals surface area contributed by atoms with Crippen LogP contribution in [0.3, 0.4) is 0 Å². The maximum Gasteiger partial charge on any atom is 0.136 e. The monoisotopic (exact) mass is 316 g/mol. The smallest absolute Gasteiger partial charge is 0.136 e. The number of ether oxygens (including phenoxy) is 2. The van der Waals surface area contributed by atoms with Gasteiger partial charge in [-0.3, -0.25) is 0 Å². The summed E-state index contributed by atoms with van der Waals surface area (Å²) in [7, 11) is 0. The van der Waals surface area contributed by atoms with E-state index in [1.54, 1.807) is 12.5 Å². The molecule has 2 unspecified atom stereocenters. The van der Waals surface area contributed by atoms with Crippen molar-refractivity contribution in [1.29, 1.82) is 0 Å². The van der Waals surface area contributed by atoms with Crippen LogP contribution in [0.2, 0.25) is 0 Å². The molecular weight excluding hydrogens is 292 g/mol. The fourth-order valence-corrected chi connectivity index (χ4v) is 4.61. The van der Waals surface area contributed by atoms with Crippen LogP contribution in [0.4, 0.5) is 0 Å². The zero-order valence-electron chi connectivity index (χ0n) is 13.8. The standard InChI is InChI=1S/C19H24O4/c1-17(2,18(9-5-13-22-18)15-7-3-11-20-15)19(10-6-14-23-19)16-8-4-12-21-16/h3-4,7-8,11-12H,5-6,9-10,13-14H2,1-2H3. The van der Waals surface area contributed by atoms with Gasteiger partial charge >= 0.3 is 0 Å². The predicted octanol–water partition coefficient (Wildman–Crippen LogP) is 4.61. The van der Waals surface area contributed by atoms with E-state index in [0.29, 0.717) is 0 Å². The molecule has 0 amide bonds. The van der Waals surface area contributed by atoms with Crippen molar-refractivity contribution in [3.8, 4) is 0 Å². The van der Waals surface area contributed by atoms with Crippen LogP contribution < -0.4 is 0 Å². The zero-order chi connectivity index (χ0) is 16.0. The first kappa shape index (κ1) is 15.0. The molecule has 4 nitrogen and oxygen atoms in total. The van der Waals surface area contributed by atoms with Crippen molar-refractivity contribution >= 4 is 0 Å². The molecule has 2 fully saturated rings. The summed E-state index contributed by atoms with van der Waals surface area (Å²) in [6.45, 7) is 5.96. The third-order valence-corrected chi connectivity index (χ3v) is 5.90. The highest BCUT2D eigenvalue weighted by Gasteiger charge is 2.65. The minimum atomic E-state index is -0.492.